The molecule has 110 valence electrons. The Hall–Kier alpha value is -1.46. The molecule has 1 atom stereocenters. The van der Waals surface area contributed by atoms with Crippen LogP contribution in [0.2, 0.25) is 0 Å². The monoisotopic (exact) mass is 281 g/mol. The summed E-state index contributed by atoms with van der Waals surface area (Å²) in [6.07, 6.45) is 0.925. The number of rotatable bonds is 6. The van der Waals surface area contributed by atoms with Gasteiger partial charge >= 0.3 is 0 Å². The summed E-state index contributed by atoms with van der Waals surface area (Å²) in [5.41, 5.74) is 0.408. The van der Waals surface area contributed by atoms with Crippen molar-refractivity contribution in [2.45, 2.75) is 6.42 Å². The van der Waals surface area contributed by atoms with Gasteiger partial charge in [0, 0.05) is 31.7 Å². The standard InChI is InChI=1S/C15H20FNO3/c1-19-7-8-20-11-12-5-6-17(10-12)15(18)13-3-2-4-14(16)9-13/h2-4,9,12H,5-8,10-11H2,1H3/t12-/m0/s1. The molecule has 0 spiro atoms. The zero-order valence-corrected chi connectivity index (χ0v) is 11.7. The lowest BCUT2D eigenvalue weighted by Gasteiger charge is -2.16. The van der Waals surface area contributed by atoms with E-state index in [-0.39, 0.29) is 11.7 Å². The van der Waals surface area contributed by atoms with Gasteiger partial charge in [-0.2, -0.15) is 0 Å². The quantitative estimate of drug-likeness (QED) is 0.748. The number of amides is 1. The second-order valence-electron chi connectivity index (χ2n) is 4.98. The van der Waals surface area contributed by atoms with Crippen molar-refractivity contribution in [3.05, 3.63) is 35.6 Å². The Bertz CT molecular complexity index is 452. The average Bonchev–Trinajstić information content (AvgIpc) is 2.91. The molecule has 1 saturated heterocycles. The molecule has 0 saturated carbocycles. The number of methoxy groups -OCH3 is 1. The van der Waals surface area contributed by atoms with Gasteiger partial charge in [-0.15, -0.1) is 0 Å². The molecule has 0 radical (unpaired) electrons. The first-order valence-electron chi connectivity index (χ1n) is 6.82. The molecular formula is C15H20FNO3. The lowest BCUT2D eigenvalue weighted by Crippen LogP contribution is -2.29. The first-order valence-corrected chi connectivity index (χ1v) is 6.82. The highest BCUT2D eigenvalue weighted by Gasteiger charge is 2.27. The van der Waals surface area contributed by atoms with E-state index in [1.54, 1.807) is 24.1 Å². The summed E-state index contributed by atoms with van der Waals surface area (Å²) >= 11 is 0. The van der Waals surface area contributed by atoms with Crippen molar-refractivity contribution in [1.82, 2.24) is 4.90 Å². The molecule has 1 fully saturated rings. The van der Waals surface area contributed by atoms with Crippen LogP contribution in [0.3, 0.4) is 0 Å². The average molecular weight is 281 g/mol. The van der Waals surface area contributed by atoms with E-state index >= 15 is 0 Å². The molecule has 0 unspecified atom stereocenters. The summed E-state index contributed by atoms with van der Waals surface area (Å²) in [6.45, 7) is 3.16. The topological polar surface area (TPSA) is 38.8 Å². The number of hydrogen-bond donors (Lipinski definition) is 0. The normalized spacial score (nSPS) is 18.5. The molecule has 2 rings (SSSR count). The van der Waals surface area contributed by atoms with Crippen LogP contribution in [0, 0.1) is 11.7 Å². The maximum atomic E-state index is 13.1. The van der Waals surface area contributed by atoms with Crippen LogP contribution < -0.4 is 0 Å². The molecule has 1 heterocycles. The zero-order chi connectivity index (χ0) is 14.4. The fourth-order valence-electron chi connectivity index (χ4n) is 2.35. The minimum absolute atomic E-state index is 0.108. The molecule has 0 aromatic heterocycles. The highest BCUT2D eigenvalue weighted by molar-refractivity contribution is 5.94. The van der Waals surface area contributed by atoms with Gasteiger partial charge in [0.15, 0.2) is 0 Å². The van der Waals surface area contributed by atoms with E-state index in [9.17, 15) is 9.18 Å². The largest absolute Gasteiger partial charge is 0.382 e. The van der Waals surface area contributed by atoms with Gasteiger partial charge in [0.1, 0.15) is 5.82 Å². The second-order valence-corrected chi connectivity index (χ2v) is 4.98. The number of halogens is 1. The summed E-state index contributed by atoms with van der Waals surface area (Å²) in [5.74, 6) is -0.136. The SMILES string of the molecule is COCCOC[C@H]1CCN(C(=O)c2cccc(F)c2)C1. The minimum atomic E-state index is -0.380. The van der Waals surface area contributed by atoms with Crippen LogP contribution in [0.5, 0.6) is 0 Å². The van der Waals surface area contributed by atoms with E-state index in [0.717, 1.165) is 6.42 Å². The van der Waals surface area contributed by atoms with Gasteiger partial charge in [-0.25, -0.2) is 4.39 Å². The van der Waals surface area contributed by atoms with Crippen molar-refractivity contribution < 1.29 is 18.7 Å². The third-order valence-electron chi connectivity index (χ3n) is 3.43. The molecule has 0 bridgehead atoms. The first kappa shape index (κ1) is 14.9. The molecule has 1 amide bonds. The summed E-state index contributed by atoms with van der Waals surface area (Å²) in [5, 5.41) is 0. The van der Waals surface area contributed by atoms with Crippen LogP contribution >= 0.6 is 0 Å². The van der Waals surface area contributed by atoms with Crippen LogP contribution in [-0.2, 0) is 9.47 Å². The van der Waals surface area contributed by atoms with Crippen molar-refractivity contribution in [2.24, 2.45) is 5.92 Å². The van der Waals surface area contributed by atoms with Crippen LogP contribution in [0.1, 0.15) is 16.8 Å². The van der Waals surface area contributed by atoms with E-state index in [2.05, 4.69) is 0 Å². The molecule has 0 N–H and O–H groups in total. The van der Waals surface area contributed by atoms with Crippen LogP contribution in [-0.4, -0.2) is 50.8 Å². The highest BCUT2D eigenvalue weighted by atomic mass is 19.1. The van der Waals surface area contributed by atoms with Crippen molar-refractivity contribution in [1.29, 1.82) is 0 Å². The summed E-state index contributed by atoms with van der Waals surface area (Å²) < 4.78 is 23.5. The minimum Gasteiger partial charge on any atom is -0.382 e. The van der Waals surface area contributed by atoms with E-state index in [1.807, 2.05) is 0 Å². The van der Waals surface area contributed by atoms with Crippen molar-refractivity contribution in [3.8, 4) is 0 Å². The number of nitrogens with zero attached hydrogens (tertiary/aromatic N) is 1. The number of hydrogen-bond acceptors (Lipinski definition) is 3. The Balaban J connectivity index is 1.81. The highest BCUT2D eigenvalue weighted by Crippen LogP contribution is 2.19. The molecule has 4 nitrogen and oxygen atoms in total. The molecule has 20 heavy (non-hydrogen) atoms. The molecule has 1 aromatic carbocycles. The Morgan fingerprint density at radius 1 is 1.45 bits per heavy atom. The Morgan fingerprint density at radius 2 is 2.30 bits per heavy atom. The Labute approximate surface area is 118 Å². The van der Waals surface area contributed by atoms with Gasteiger partial charge in [0.05, 0.1) is 19.8 Å². The molecule has 1 aliphatic rings. The lowest BCUT2D eigenvalue weighted by molar-refractivity contribution is 0.0515. The zero-order valence-electron chi connectivity index (χ0n) is 11.7. The third kappa shape index (κ3) is 4.02. The maximum absolute atomic E-state index is 13.1. The van der Waals surface area contributed by atoms with E-state index in [0.29, 0.717) is 44.4 Å². The fourth-order valence-corrected chi connectivity index (χ4v) is 2.35. The second kappa shape index (κ2) is 7.36. The van der Waals surface area contributed by atoms with Gasteiger partial charge in [-0.05, 0) is 24.6 Å². The van der Waals surface area contributed by atoms with Crippen molar-refractivity contribution in [2.75, 3.05) is 40.0 Å². The third-order valence-corrected chi connectivity index (χ3v) is 3.43. The number of carbonyl (C=O) groups is 1. The van der Waals surface area contributed by atoms with Gasteiger partial charge < -0.3 is 14.4 Å². The Morgan fingerprint density at radius 3 is 3.05 bits per heavy atom. The molecule has 5 heteroatoms. The predicted molar refractivity (Wildman–Crippen MR) is 73.1 cm³/mol. The smallest absolute Gasteiger partial charge is 0.253 e. The van der Waals surface area contributed by atoms with Crippen molar-refractivity contribution in [3.63, 3.8) is 0 Å². The number of ether oxygens (including phenoxy) is 2. The van der Waals surface area contributed by atoms with Gasteiger partial charge in [0.25, 0.3) is 5.91 Å². The lowest BCUT2D eigenvalue weighted by atomic mass is 10.1. The van der Waals surface area contributed by atoms with Crippen LogP contribution in [0.4, 0.5) is 4.39 Å². The van der Waals surface area contributed by atoms with Crippen LogP contribution in [0.15, 0.2) is 24.3 Å². The number of benzene rings is 1. The molecule has 1 aliphatic heterocycles. The van der Waals surface area contributed by atoms with Crippen molar-refractivity contribution >= 4 is 5.91 Å². The first-order chi connectivity index (χ1) is 9.70. The molecule has 0 aliphatic carbocycles. The summed E-state index contributed by atoms with van der Waals surface area (Å²) in [7, 11) is 1.64. The Kier molecular flexibility index (Phi) is 5.49. The number of likely N-dealkylation sites (tertiary alicyclic amines) is 1. The summed E-state index contributed by atoms with van der Waals surface area (Å²) in [6, 6.07) is 5.83. The molecule has 1 aromatic rings. The van der Waals surface area contributed by atoms with E-state index in [4.69, 9.17) is 9.47 Å². The maximum Gasteiger partial charge on any atom is 0.253 e. The van der Waals surface area contributed by atoms with Gasteiger partial charge in [-0.3, -0.25) is 4.79 Å². The molecular weight excluding hydrogens is 261 g/mol. The van der Waals surface area contributed by atoms with Gasteiger partial charge in [0.2, 0.25) is 0 Å². The fraction of sp³-hybridized carbons (Fsp3) is 0.533. The van der Waals surface area contributed by atoms with E-state index < -0.39 is 0 Å². The predicted octanol–water partition coefficient (Wildman–Crippen LogP) is 1.95. The van der Waals surface area contributed by atoms with E-state index in [1.165, 1.54) is 12.1 Å². The number of carbonyl (C=O) groups excluding carboxylic acids is 1. The summed E-state index contributed by atoms with van der Waals surface area (Å²) in [4.78, 5) is 14.0. The van der Waals surface area contributed by atoms with Gasteiger partial charge in [-0.1, -0.05) is 6.07 Å². The van der Waals surface area contributed by atoms with Crippen LogP contribution in [0.25, 0.3) is 0 Å².